The van der Waals surface area contributed by atoms with E-state index in [4.69, 9.17) is 0 Å². The van der Waals surface area contributed by atoms with Crippen LogP contribution in [0.5, 0.6) is 0 Å². The molecule has 1 atom stereocenters. The van der Waals surface area contributed by atoms with Crippen molar-refractivity contribution in [2.45, 2.75) is 39.0 Å². The summed E-state index contributed by atoms with van der Waals surface area (Å²) < 4.78 is 0. The zero-order valence-electron chi connectivity index (χ0n) is 14.8. The average molecular weight is 342 g/mol. The summed E-state index contributed by atoms with van der Waals surface area (Å²) in [5.41, 5.74) is 3.72. The monoisotopic (exact) mass is 341 g/mol. The molecular formula is C21H27NOS. The third kappa shape index (κ3) is 6.40. The molecule has 0 spiro atoms. The maximum atomic E-state index is 12.3. The molecule has 2 aromatic rings. The van der Waals surface area contributed by atoms with Crippen molar-refractivity contribution >= 4 is 17.7 Å². The van der Waals surface area contributed by atoms with Crippen LogP contribution in [0, 0.1) is 12.8 Å². The summed E-state index contributed by atoms with van der Waals surface area (Å²) in [5, 5.41) is 3.20. The third-order valence-electron chi connectivity index (χ3n) is 3.83. The van der Waals surface area contributed by atoms with Gasteiger partial charge >= 0.3 is 0 Å². The van der Waals surface area contributed by atoms with Crippen LogP contribution in [0.3, 0.4) is 0 Å². The van der Waals surface area contributed by atoms with Crippen molar-refractivity contribution in [2.24, 2.45) is 5.92 Å². The van der Waals surface area contributed by atoms with E-state index < -0.39 is 0 Å². The molecule has 0 bridgehead atoms. The first-order valence-corrected chi connectivity index (χ1v) is 9.67. The number of hydrogen-bond donors (Lipinski definition) is 1. The van der Waals surface area contributed by atoms with E-state index in [2.05, 4.69) is 62.5 Å². The molecule has 1 amide bonds. The van der Waals surface area contributed by atoms with Crippen molar-refractivity contribution in [3.63, 3.8) is 0 Å². The van der Waals surface area contributed by atoms with Gasteiger partial charge in [-0.1, -0.05) is 74.0 Å². The van der Waals surface area contributed by atoms with Crippen molar-refractivity contribution in [1.29, 1.82) is 0 Å². The number of carbonyl (C=O) groups is 1. The molecule has 2 rings (SSSR count). The van der Waals surface area contributed by atoms with Gasteiger partial charge in [-0.25, -0.2) is 0 Å². The summed E-state index contributed by atoms with van der Waals surface area (Å²) in [7, 11) is 0. The highest BCUT2D eigenvalue weighted by Gasteiger charge is 2.15. The van der Waals surface area contributed by atoms with Crippen LogP contribution in [0.25, 0.3) is 0 Å². The molecule has 0 aliphatic rings. The SMILES string of the molecule is Cc1cccc(CSCC(=O)N[C@@H](CC(C)C)c2ccccc2)c1. The Morgan fingerprint density at radius 3 is 2.50 bits per heavy atom. The van der Waals surface area contributed by atoms with Gasteiger partial charge in [-0.2, -0.15) is 0 Å². The largest absolute Gasteiger partial charge is 0.349 e. The Balaban J connectivity index is 1.86. The van der Waals surface area contributed by atoms with Crippen molar-refractivity contribution < 1.29 is 4.79 Å². The van der Waals surface area contributed by atoms with E-state index >= 15 is 0 Å². The highest BCUT2D eigenvalue weighted by atomic mass is 32.2. The van der Waals surface area contributed by atoms with Crippen LogP contribution in [-0.4, -0.2) is 11.7 Å². The van der Waals surface area contributed by atoms with Gasteiger partial charge in [-0.15, -0.1) is 11.8 Å². The predicted molar refractivity (Wildman–Crippen MR) is 104 cm³/mol. The van der Waals surface area contributed by atoms with Gasteiger partial charge in [0.05, 0.1) is 11.8 Å². The molecule has 24 heavy (non-hydrogen) atoms. The van der Waals surface area contributed by atoms with E-state index in [1.165, 1.54) is 16.7 Å². The maximum absolute atomic E-state index is 12.3. The molecule has 2 aromatic carbocycles. The van der Waals surface area contributed by atoms with Crippen LogP contribution in [0.1, 0.15) is 43.0 Å². The van der Waals surface area contributed by atoms with Crippen LogP contribution in [0.15, 0.2) is 54.6 Å². The lowest BCUT2D eigenvalue weighted by Crippen LogP contribution is -2.30. The number of benzene rings is 2. The van der Waals surface area contributed by atoms with Crippen LogP contribution >= 0.6 is 11.8 Å². The summed E-state index contributed by atoms with van der Waals surface area (Å²) >= 11 is 1.67. The Morgan fingerprint density at radius 2 is 1.83 bits per heavy atom. The fourth-order valence-electron chi connectivity index (χ4n) is 2.73. The summed E-state index contributed by atoms with van der Waals surface area (Å²) in [6.45, 7) is 6.47. The Bertz CT molecular complexity index is 639. The van der Waals surface area contributed by atoms with E-state index in [0.29, 0.717) is 11.7 Å². The predicted octanol–water partition coefficient (Wildman–Crippen LogP) is 5.13. The van der Waals surface area contributed by atoms with Crippen LogP contribution < -0.4 is 5.32 Å². The summed E-state index contributed by atoms with van der Waals surface area (Å²) in [5.74, 6) is 2.02. The number of hydrogen-bond acceptors (Lipinski definition) is 2. The Morgan fingerprint density at radius 1 is 1.08 bits per heavy atom. The van der Waals surface area contributed by atoms with Crippen molar-refractivity contribution in [3.8, 4) is 0 Å². The summed E-state index contributed by atoms with van der Waals surface area (Å²) in [6, 6.07) is 18.8. The normalized spacial score (nSPS) is 12.2. The van der Waals surface area contributed by atoms with Crippen LogP contribution in [0.4, 0.5) is 0 Å². The average Bonchev–Trinajstić information content (AvgIpc) is 2.55. The van der Waals surface area contributed by atoms with E-state index in [-0.39, 0.29) is 11.9 Å². The van der Waals surface area contributed by atoms with Gasteiger partial charge < -0.3 is 5.32 Å². The van der Waals surface area contributed by atoms with Gasteiger partial charge in [-0.3, -0.25) is 4.79 Å². The van der Waals surface area contributed by atoms with Gasteiger partial charge in [0, 0.05) is 5.75 Å². The fourth-order valence-corrected chi connectivity index (χ4v) is 3.52. The second kappa shape index (κ2) is 9.53. The molecule has 0 heterocycles. The van der Waals surface area contributed by atoms with Gasteiger partial charge in [0.15, 0.2) is 0 Å². The third-order valence-corrected chi connectivity index (χ3v) is 4.83. The molecule has 1 N–H and O–H groups in total. The number of aryl methyl sites for hydroxylation is 1. The lowest BCUT2D eigenvalue weighted by Gasteiger charge is -2.21. The highest BCUT2D eigenvalue weighted by molar-refractivity contribution is 7.99. The molecule has 0 fully saturated rings. The zero-order valence-corrected chi connectivity index (χ0v) is 15.6. The van der Waals surface area contributed by atoms with Crippen molar-refractivity contribution in [2.75, 3.05) is 5.75 Å². The van der Waals surface area contributed by atoms with E-state index in [9.17, 15) is 4.79 Å². The molecule has 0 aliphatic heterocycles. The van der Waals surface area contributed by atoms with E-state index in [1.54, 1.807) is 11.8 Å². The topological polar surface area (TPSA) is 29.1 Å². The molecule has 0 unspecified atom stereocenters. The van der Waals surface area contributed by atoms with Gasteiger partial charge in [-0.05, 0) is 30.4 Å². The Kier molecular flexibility index (Phi) is 7.38. The lowest BCUT2D eigenvalue weighted by atomic mass is 9.97. The molecule has 3 heteroatoms. The minimum absolute atomic E-state index is 0.0956. The van der Waals surface area contributed by atoms with Crippen LogP contribution in [0.2, 0.25) is 0 Å². The Labute approximate surface area is 150 Å². The molecule has 0 aliphatic carbocycles. The van der Waals surface area contributed by atoms with Crippen LogP contribution in [-0.2, 0) is 10.5 Å². The van der Waals surface area contributed by atoms with Gasteiger partial charge in [0.1, 0.15) is 0 Å². The zero-order chi connectivity index (χ0) is 17.4. The van der Waals surface area contributed by atoms with Gasteiger partial charge in [0.2, 0.25) is 5.91 Å². The van der Waals surface area contributed by atoms with E-state index in [0.717, 1.165) is 12.2 Å². The highest BCUT2D eigenvalue weighted by Crippen LogP contribution is 2.21. The smallest absolute Gasteiger partial charge is 0.230 e. The number of thioether (sulfide) groups is 1. The van der Waals surface area contributed by atoms with Gasteiger partial charge in [0.25, 0.3) is 0 Å². The Hall–Kier alpha value is -1.74. The maximum Gasteiger partial charge on any atom is 0.230 e. The van der Waals surface area contributed by atoms with Crippen molar-refractivity contribution in [1.82, 2.24) is 5.32 Å². The quantitative estimate of drug-likeness (QED) is 0.721. The first kappa shape index (κ1) is 18.6. The second-order valence-electron chi connectivity index (χ2n) is 6.64. The molecule has 0 saturated heterocycles. The first-order valence-electron chi connectivity index (χ1n) is 8.52. The molecular weight excluding hydrogens is 314 g/mol. The number of amides is 1. The summed E-state index contributed by atoms with van der Waals surface area (Å²) in [6.07, 6.45) is 0.957. The number of rotatable bonds is 8. The minimum Gasteiger partial charge on any atom is -0.349 e. The molecule has 0 saturated carbocycles. The van der Waals surface area contributed by atoms with E-state index in [1.807, 2.05) is 18.2 Å². The molecule has 0 radical (unpaired) electrons. The number of nitrogens with one attached hydrogen (secondary N) is 1. The lowest BCUT2D eigenvalue weighted by molar-refractivity contribution is -0.119. The second-order valence-corrected chi connectivity index (χ2v) is 7.63. The van der Waals surface area contributed by atoms with Crippen molar-refractivity contribution in [3.05, 3.63) is 71.3 Å². The fraction of sp³-hybridized carbons (Fsp3) is 0.381. The standard InChI is InChI=1S/C21H27NOS/c1-16(2)12-20(19-10-5-4-6-11-19)22-21(23)15-24-14-18-9-7-8-17(3)13-18/h4-11,13,16,20H,12,14-15H2,1-3H3,(H,22,23)/t20-/m0/s1. The molecule has 2 nitrogen and oxygen atoms in total. The molecule has 128 valence electrons. The molecule has 0 aromatic heterocycles. The first-order chi connectivity index (χ1) is 11.5. The minimum atomic E-state index is 0.0956. The summed E-state index contributed by atoms with van der Waals surface area (Å²) in [4.78, 5) is 12.3. The number of carbonyl (C=O) groups excluding carboxylic acids is 1.